The number of aromatic nitrogens is 2. The smallest absolute Gasteiger partial charge is 0.120 e. The van der Waals surface area contributed by atoms with E-state index in [2.05, 4.69) is 29.4 Å². The zero-order valence-electron chi connectivity index (χ0n) is 9.82. The zero-order valence-corrected chi connectivity index (χ0v) is 9.82. The van der Waals surface area contributed by atoms with Crippen LogP contribution in [0.3, 0.4) is 0 Å². The first-order chi connectivity index (χ1) is 7.68. The summed E-state index contributed by atoms with van der Waals surface area (Å²) < 4.78 is 5.36. The summed E-state index contributed by atoms with van der Waals surface area (Å²) in [6.07, 6.45) is 3.56. The average Bonchev–Trinajstić information content (AvgIpc) is 2.86. The van der Waals surface area contributed by atoms with Crippen molar-refractivity contribution in [2.45, 2.75) is 32.9 Å². The van der Waals surface area contributed by atoms with Gasteiger partial charge in [-0.05, 0) is 32.9 Å². The Labute approximate surface area is 95.1 Å². The molecule has 0 fully saturated rings. The van der Waals surface area contributed by atoms with E-state index in [1.54, 1.807) is 6.26 Å². The molecule has 0 aliphatic carbocycles. The Kier molecular flexibility index (Phi) is 3.10. The summed E-state index contributed by atoms with van der Waals surface area (Å²) in [5.41, 5.74) is 2.30. The summed E-state index contributed by atoms with van der Waals surface area (Å²) in [6, 6.07) is 4.33. The first-order valence-electron chi connectivity index (χ1n) is 5.48. The van der Waals surface area contributed by atoms with Gasteiger partial charge < -0.3 is 9.73 Å². The molecular formula is C12H17N3O. The Morgan fingerprint density at radius 3 is 2.75 bits per heavy atom. The van der Waals surface area contributed by atoms with Gasteiger partial charge in [-0.2, -0.15) is 5.10 Å². The molecule has 2 heterocycles. The Balaban J connectivity index is 2.03. The van der Waals surface area contributed by atoms with Gasteiger partial charge in [-0.3, -0.25) is 5.10 Å². The van der Waals surface area contributed by atoms with Crippen LogP contribution in [0, 0.1) is 6.92 Å². The Morgan fingerprint density at radius 1 is 1.38 bits per heavy atom. The van der Waals surface area contributed by atoms with Gasteiger partial charge in [0.15, 0.2) is 0 Å². The molecule has 2 N–H and O–H groups in total. The molecule has 0 aliphatic rings. The number of H-pyrrole nitrogens is 1. The van der Waals surface area contributed by atoms with Crippen LogP contribution in [0.5, 0.6) is 0 Å². The third-order valence-corrected chi connectivity index (χ3v) is 2.81. The summed E-state index contributed by atoms with van der Waals surface area (Å²) in [5, 5.41) is 10.4. The molecule has 4 heteroatoms. The van der Waals surface area contributed by atoms with E-state index < -0.39 is 0 Å². The van der Waals surface area contributed by atoms with E-state index in [0.29, 0.717) is 0 Å². The number of aryl methyl sites for hydroxylation is 1. The van der Waals surface area contributed by atoms with Crippen LogP contribution in [0.4, 0.5) is 0 Å². The highest BCUT2D eigenvalue weighted by atomic mass is 16.3. The molecule has 0 amide bonds. The molecule has 16 heavy (non-hydrogen) atoms. The maximum absolute atomic E-state index is 5.36. The Morgan fingerprint density at radius 2 is 2.19 bits per heavy atom. The van der Waals surface area contributed by atoms with Gasteiger partial charge >= 0.3 is 0 Å². The lowest BCUT2D eigenvalue weighted by molar-refractivity contribution is 0.402. The largest absolute Gasteiger partial charge is 0.468 e. The van der Waals surface area contributed by atoms with Gasteiger partial charge in [0.25, 0.3) is 0 Å². The normalized spacial score (nSPS) is 14.9. The van der Waals surface area contributed by atoms with Gasteiger partial charge in [0.2, 0.25) is 0 Å². The van der Waals surface area contributed by atoms with Crippen molar-refractivity contribution in [3.05, 3.63) is 41.6 Å². The number of nitrogens with one attached hydrogen (secondary N) is 2. The van der Waals surface area contributed by atoms with Gasteiger partial charge in [0, 0.05) is 17.3 Å². The van der Waals surface area contributed by atoms with Crippen LogP contribution in [-0.2, 0) is 0 Å². The molecule has 0 saturated heterocycles. The number of hydrogen-bond donors (Lipinski definition) is 2. The fourth-order valence-electron chi connectivity index (χ4n) is 1.88. The lowest BCUT2D eigenvalue weighted by atomic mass is 10.1. The third kappa shape index (κ3) is 2.17. The average molecular weight is 219 g/mol. The predicted octanol–water partition coefficient (Wildman–Crippen LogP) is 2.72. The van der Waals surface area contributed by atoms with E-state index in [-0.39, 0.29) is 12.1 Å². The minimum absolute atomic E-state index is 0.194. The van der Waals surface area contributed by atoms with Crippen molar-refractivity contribution >= 4 is 0 Å². The van der Waals surface area contributed by atoms with Crippen molar-refractivity contribution in [1.82, 2.24) is 15.5 Å². The molecule has 0 spiro atoms. The fraction of sp³-hybridized carbons (Fsp3) is 0.417. The number of nitrogens with zero attached hydrogens (tertiary/aromatic N) is 1. The molecule has 2 aromatic heterocycles. The zero-order chi connectivity index (χ0) is 11.5. The predicted molar refractivity (Wildman–Crippen MR) is 62.0 cm³/mol. The topological polar surface area (TPSA) is 53.9 Å². The van der Waals surface area contributed by atoms with Crippen molar-refractivity contribution in [3.63, 3.8) is 0 Å². The van der Waals surface area contributed by atoms with Gasteiger partial charge in [-0.15, -0.1) is 0 Å². The maximum Gasteiger partial charge on any atom is 0.120 e. The van der Waals surface area contributed by atoms with Crippen molar-refractivity contribution in [3.8, 4) is 0 Å². The standard InChI is InChI=1S/C12H17N3O/c1-8(11-7-13-15-9(11)2)14-10(3)12-5-4-6-16-12/h4-8,10,14H,1-3H3,(H,13,15). The Hall–Kier alpha value is -1.55. The third-order valence-electron chi connectivity index (χ3n) is 2.81. The van der Waals surface area contributed by atoms with Gasteiger partial charge in [-0.25, -0.2) is 0 Å². The minimum atomic E-state index is 0.194. The van der Waals surface area contributed by atoms with Crippen LogP contribution >= 0.6 is 0 Å². The van der Waals surface area contributed by atoms with Crippen molar-refractivity contribution < 1.29 is 4.42 Å². The van der Waals surface area contributed by atoms with Crippen LogP contribution in [-0.4, -0.2) is 10.2 Å². The summed E-state index contributed by atoms with van der Waals surface area (Å²) in [4.78, 5) is 0. The Bertz CT molecular complexity index is 433. The second kappa shape index (κ2) is 4.53. The van der Waals surface area contributed by atoms with Gasteiger partial charge in [0.05, 0.1) is 18.5 Å². The maximum atomic E-state index is 5.36. The van der Waals surface area contributed by atoms with E-state index in [1.165, 1.54) is 5.56 Å². The van der Waals surface area contributed by atoms with Crippen LogP contribution in [0.15, 0.2) is 29.0 Å². The summed E-state index contributed by atoms with van der Waals surface area (Å²) in [6.45, 7) is 6.24. The lowest BCUT2D eigenvalue weighted by Gasteiger charge is -2.18. The van der Waals surface area contributed by atoms with Crippen molar-refractivity contribution in [2.75, 3.05) is 0 Å². The lowest BCUT2D eigenvalue weighted by Crippen LogP contribution is -2.22. The van der Waals surface area contributed by atoms with E-state index in [0.717, 1.165) is 11.5 Å². The van der Waals surface area contributed by atoms with E-state index in [1.807, 2.05) is 25.3 Å². The van der Waals surface area contributed by atoms with E-state index in [4.69, 9.17) is 4.42 Å². The van der Waals surface area contributed by atoms with Gasteiger partial charge in [0.1, 0.15) is 5.76 Å². The van der Waals surface area contributed by atoms with Crippen molar-refractivity contribution in [1.29, 1.82) is 0 Å². The molecule has 2 aromatic rings. The second-order valence-corrected chi connectivity index (χ2v) is 4.08. The minimum Gasteiger partial charge on any atom is -0.468 e. The van der Waals surface area contributed by atoms with Crippen molar-refractivity contribution in [2.24, 2.45) is 0 Å². The van der Waals surface area contributed by atoms with Crippen LogP contribution in [0.1, 0.15) is 42.9 Å². The molecule has 0 bridgehead atoms. The summed E-state index contributed by atoms with van der Waals surface area (Å²) in [7, 11) is 0. The van der Waals surface area contributed by atoms with E-state index in [9.17, 15) is 0 Å². The first kappa shape index (κ1) is 11.0. The molecule has 86 valence electrons. The number of furan rings is 1. The first-order valence-corrected chi connectivity index (χ1v) is 5.48. The molecule has 0 aliphatic heterocycles. The molecule has 0 radical (unpaired) electrons. The fourth-order valence-corrected chi connectivity index (χ4v) is 1.88. The van der Waals surface area contributed by atoms with Gasteiger partial charge in [-0.1, -0.05) is 0 Å². The molecule has 2 atom stereocenters. The van der Waals surface area contributed by atoms with Crippen LogP contribution in [0.25, 0.3) is 0 Å². The van der Waals surface area contributed by atoms with E-state index >= 15 is 0 Å². The highest BCUT2D eigenvalue weighted by molar-refractivity contribution is 5.19. The number of aromatic amines is 1. The SMILES string of the molecule is Cc1[nH]ncc1C(C)NC(C)c1ccco1. The monoisotopic (exact) mass is 219 g/mol. The summed E-state index contributed by atoms with van der Waals surface area (Å²) >= 11 is 0. The quantitative estimate of drug-likeness (QED) is 0.831. The van der Waals surface area contributed by atoms with Crippen LogP contribution in [0.2, 0.25) is 0 Å². The number of rotatable bonds is 4. The summed E-state index contributed by atoms with van der Waals surface area (Å²) in [5.74, 6) is 0.952. The molecular weight excluding hydrogens is 202 g/mol. The number of hydrogen-bond acceptors (Lipinski definition) is 3. The second-order valence-electron chi connectivity index (χ2n) is 4.08. The van der Waals surface area contributed by atoms with Crippen LogP contribution < -0.4 is 5.32 Å². The molecule has 2 unspecified atom stereocenters. The molecule has 0 aromatic carbocycles. The highest BCUT2D eigenvalue weighted by Gasteiger charge is 2.15. The molecule has 4 nitrogen and oxygen atoms in total. The highest BCUT2D eigenvalue weighted by Crippen LogP contribution is 2.20. The molecule has 2 rings (SSSR count). The molecule has 0 saturated carbocycles.